The third-order valence-corrected chi connectivity index (χ3v) is 5.88. The van der Waals surface area contributed by atoms with Gasteiger partial charge in [0.1, 0.15) is 5.78 Å². The molecule has 0 aromatic carbocycles. The van der Waals surface area contributed by atoms with Gasteiger partial charge in [-0.25, -0.2) is 0 Å². The summed E-state index contributed by atoms with van der Waals surface area (Å²) in [5, 5.41) is 44.0. The van der Waals surface area contributed by atoms with E-state index in [4.69, 9.17) is 9.63 Å². The van der Waals surface area contributed by atoms with E-state index in [2.05, 4.69) is 10.6 Å². The maximum Gasteiger partial charge on any atom is 0.330 e. The Labute approximate surface area is 163 Å². The first-order valence-corrected chi connectivity index (χ1v) is 11.0. The molecular weight excluding hydrogens is 395 g/mol. The van der Waals surface area contributed by atoms with Crippen molar-refractivity contribution in [2.75, 3.05) is 25.9 Å². The van der Waals surface area contributed by atoms with E-state index < -0.39 is 50.8 Å². The van der Waals surface area contributed by atoms with E-state index in [9.17, 15) is 34.4 Å². The topological polar surface area (TPSA) is 186 Å². The SMILES string of the molecule is CC(=O)CCC(=O)NCCCOP(=O)(O)C[C@H](O)C[C@H]1N[C@H](CO)[C@@H](O)[C@@H]1O. The Morgan fingerprint density at radius 2 is 1.86 bits per heavy atom. The van der Waals surface area contributed by atoms with Crippen LogP contribution in [0.1, 0.15) is 32.6 Å². The summed E-state index contributed by atoms with van der Waals surface area (Å²) in [6.45, 7) is 1.11. The van der Waals surface area contributed by atoms with Crippen molar-refractivity contribution in [3.8, 4) is 0 Å². The number of ketones is 1. The first kappa shape index (κ1) is 25.1. The number of aliphatic hydroxyl groups excluding tert-OH is 4. The molecule has 1 amide bonds. The number of amides is 1. The maximum atomic E-state index is 12.0. The minimum atomic E-state index is -4.08. The predicted octanol–water partition coefficient (Wildman–Crippen LogP) is -2.13. The molecule has 164 valence electrons. The third kappa shape index (κ3) is 9.06. The molecule has 6 atom stereocenters. The maximum absolute atomic E-state index is 12.0. The number of hydrogen-bond acceptors (Lipinski definition) is 9. The van der Waals surface area contributed by atoms with E-state index in [1.807, 2.05) is 0 Å². The molecule has 0 aliphatic carbocycles. The van der Waals surface area contributed by atoms with E-state index in [-0.39, 0.29) is 50.5 Å². The highest BCUT2D eigenvalue weighted by atomic mass is 31.2. The van der Waals surface area contributed by atoms with Crippen LogP contribution in [0.2, 0.25) is 0 Å². The molecule has 0 aromatic rings. The van der Waals surface area contributed by atoms with E-state index in [1.165, 1.54) is 6.92 Å². The van der Waals surface area contributed by atoms with Crippen molar-refractivity contribution < 1.29 is 44.0 Å². The number of rotatable bonds is 13. The van der Waals surface area contributed by atoms with Gasteiger partial charge >= 0.3 is 7.60 Å². The van der Waals surface area contributed by atoms with Gasteiger partial charge in [0.05, 0.1) is 43.7 Å². The summed E-state index contributed by atoms with van der Waals surface area (Å²) in [7, 11) is -4.08. The van der Waals surface area contributed by atoms with Gasteiger partial charge in [0, 0.05) is 25.4 Å². The summed E-state index contributed by atoms with van der Waals surface area (Å²) in [6.07, 6.45) is -3.79. The molecule has 0 saturated carbocycles. The van der Waals surface area contributed by atoms with Crippen LogP contribution in [0.15, 0.2) is 0 Å². The lowest BCUT2D eigenvalue weighted by Gasteiger charge is -2.21. The lowest BCUT2D eigenvalue weighted by Crippen LogP contribution is -2.38. The number of Topliss-reactive ketones (excluding diaryl/α,β-unsaturated/α-hetero) is 1. The number of carbonyl (C=O) groups is 2. The monoisotopic (exact) mass is 426 g/mol. The van der Waals surface area contributed by atoms with Gasteiger partial charge in [0.15, 0.2) is 0 Å². The number of nitrogens with one attached hydrogen (secondary N) is 2. The number of carbonyl (C=O) groups excluding carboxylic acids is 2. The van der Waals surface area contributed by atoms with Crippen LogP contribution < -0.4 is 10.6 Å². The van der Waals surface area contributed by atoms with Crippen molar-refractivity contribution >= 4 is 19.3 Å². The van der Waals surface area contributed by atoms with Crippen LogP contribution in [0, 0.1) is 0 Å². The molecule has 0 radical (unpaired) electrons. The van der Waals surface area contributed by atoms with Crippen molar-refractivity contribution in [2.24, 2.45) is 0 Å². The second kappa shape index (κ2) is 11.9. The molecule has 7 N–H and O–H groups in total. The zero-order valence-corrected chi connectivity index (χ0v) is 16.8. The molecule has 1 aliphatic rings. The second-order valence-electron chi connectivity index (χ2n) is 6.99. The van der Waals surface area contributed by atoms with Crippen LogP contribution in [0.3, 0.4) is 0 Å². The fourth-order valence-electron chi connectivity index (χ4n) is 2.89. The van der Waals surface area contributed by atoms with Gasteiger partial charge < -0.3 is 45.3 Å². The third-order valence-electron chi connectivity index (χ3n) is 4.41. The van der Waals surface area contributed by atoms with E-state index in [1.54, 1.807) is 0 Å². The van der Waals surface area contributed by atoms with E-state index in [0.29, 0.717) is 0 Å². The Morgan fingerprint density at radius 3 is 2.43 bits per heavy atom. The van der Waals surface area contributed by atoms with Crippen molar-refractivity contribution in [3.63, 3.8) is 0 Å². The highest BCUT2D eigenvalue weighted by Crippen LogP contribution is 2.43. The number of hydrogen-bond donors (Lipinski definition) is 7. The molecule has 12 heteroatoms. The lowest BCUT2D eigenvalue weighted by molar-refractivity contribution is -0.124. The van der Waals surface area contributed by atoms with E-state index in [0.717, 1.165) is 0 Å². The molecule has 1 rings (SSSR count). The smallest absolute Gasteiger partial charge is 0.330 e. The Morgan fingerprint density at radius 1 is 1.21 bits per heavy atom. The first-order chi connectivity index (χ1) is 13.1. The fourth-order valence-corrected chi connectivity index (χ4v) is 4.09. The normalized spacial score (nSPS) is 27.9. The van der Waals surface area contributed by atoms with Gasteiger partial charge in [0.25, 0.3) is 0 Å². The van der Waals surface area contributed by atoms with Crippen LogP contribution in [0.4, 0.5) is 0 Å². The van der Waals surface area contributed by atoms with Gasteiger partial charge in [0.2, 0.25) is 5.91 Å². The molecule has 11 nitrogen and oxygen atoms in total. The Hall–Kier alpha value is -0.910. The average molecular weight is 426 g/mol. The van der Waals surface area contributed by atoms with Crippen LogP contribution >= 0.6 is 7.60 Å². The van der Waals surface area contributed by atoms with Crippen molar-refractivity contribution in [1.82, 2.24) is 10.6 Å². The van der Waals surface area contributed by atoms with Gasteiger partial charge in [-0.05, 0) is 19.8 Å². The summed E-state index contributed by atoms with van der Waals surface area (Å²) in [5.74, 6) is -0.372. The molecule has 1 unspecified atom stereocenters. The molecule has 0 spiro atoms. The largest absolute Gasteiger partial charge is 0.395 e. The Kier molecular flexibility index (Phi) is 10.7. The molecule has 1 saturated heterocycles. The van der Waals surface area contributed by atoms with Crippen LogP contribution in [-0.2, 0) is 18.7 Å². The van der Waals surface area contributed by atoms with Gasteiger partial charge in [-0.15, -0.1) is 0 Å². The molecule has 0 bridgehead atoms. The van der Waals surface area contributed by atoms with E-state index >= 15 is 0 Å². The van der Waals surface area contributed by atoms with Crippen molar-refractivity contribution in [1.29, 1.82) is 0 Å². The summed E-state index contributed by atoms with van der Waals surface area (Å²) in [6, 6.07) is -1.46. The summed E-state index contributed by atoms with van der Waals surface area (Å²) in [4.78, 5) is 32.0. The quantitative estimate of drug-likeness (QED) is 0.127. The predicted molar refractivity (Wildman–Crippen MR) is 98.6 cm³/mol. The summed E-state index contributed by atoms with van der Waals surface area (Å²) in [5.41, 5.74) is 0. The van der Waals surface area contributed by atoms with Gasteiger partial charge in [-0.1, -0.05) is 0 Å². The zero-order valence-electron chi connectivity index (χ0n) is 15.9. The van der Waals surface area contributed by atoms with Crippen LogP contribution in [-0.4, -0.2) is 93.3 Å². The Balaban J connectivity index is 2.25. The molecular formula is C16H31N2O9P. The fraction of sp³-hybridized carbons (Fsp3) is 0.875. The lowest BCUT2D eigenvalue weighted by atomic mass is 10.0. The molecule has 1 aliphatic heterocycles. The van der Waals surface area contributed by atoms with Gasteiger partial charge in [-0.3, -0.25) is 9.36 Å². The molecule has 1 fully saturated rings. The van der Waals surface area contributed by atoms with Crippen LogP contribution in [0.5, 0.6) is 0 Å². The minimum absolute atomic E-state index is 0.0834. The van der Waals surface area contributed by atoms with Crippen molar-refractivity contribution in [3.05, 3.63) is 0 Å². The highest BCUT2D eigenvalue weighted by Gasteiger charge is 2.41. The zero-order chi connectivity index (χ0) is 21.3. The van der Waals surface area contributed by atoms with Gasteiger partial charge in [-0.2, -0.15) is 0 Å². The first-order valence-electron chi connectivity index (χ1n) is 9.19. The number of aliphatic hydroxyl groups is 4. The molecule has 28 heavy (non-hydrogen) atoms. The molecule has 1 heterocycles. The summed E-state index contributed by atoms with van der Waals surface area (Å²) >= 11 is 0. The van der Waals surface area contributed by atoms with Crippen LogP contribution in [0.25, 0.3) is 0 Å². The minimum Gasteiger partial charge on any atom is -0.395 e. The molecule has 0 aromatic heterocycles. The highest BCUT2D eigenvalue weighted by molar-refractivity contribution is 7.52. The summed E-state index contributed by atoms with van der Waals surface area (Å²) < 4.78 is 16.9. The average Bonchev–Trinajstić information content (AvgIpc) is 2.86. The van der Waals surface area contributed by atoms with Crippen molar-refractivity contribution in [2.45, 2.75) is 63.0 Å². The Bertz CT molecular complexity index is 562. The second-order valence-corrected chi connectivity index (χ2v) is 8.89. The standard InChI is InChI=1S/C16H31N2O9P/c1-10(20)3-4-14(22)17-5-2-6-27-28(25,26)9-11(21)7-12-15(23)16(24)13(8-19)18-12/h11-13,15-16,18-19,21,23-24H,2-9H2,1H3,(H,17,22)(H,25,26)/t11-,12-,13-,15-,16-/m1/s1.